The molecular formula is C23H20ClN3O3. The topological polar surface area (TPSA) is 64.9 Å². The number of benzene rings is 2. The maximum Gasteiger partial charge on any atom is 0.259 e. The fourth-order valence-electron chi connectivity index (χ4n) is 3.15. The Labute approximate surface area is 179 Å². The van der Waals surface area contributed by atoms with Gasteiger partial charge in [0.15, 0.2) is 0 Å². The van der Waals surface area contributed by atoms with E-state index < -0.39 is 0 Å². The average molecular weight is 422 g/mol. The molecular weight excluding hydrogens is 402 g/mol. The first-order chi connectivity index (χ1) is 14.5. The van der Waals surface area contributed by atoms with Crippen LogP contribution < -0.4 is 14.8 Å². The van der Waals surface area contributed by atoms with Gasteiger partial charge in [-0.1, -0.05) is 29.8 Å². The molecule has 2 aromatic heterocycles. The summed E-state index contributed by atoms with van der Waals surface area (Å²) in [6.07, 6.45) is 3.87. The smallest absolute Gasteiger partial charge is 0.259 e. The standard InChI is InChI=1S/C23H20ClN3O3/c1-15-6-5-11-27-13-17(25-22(15)27)14-30-20-8-4-3-7-18(20)23(28)26-16-9-10-21(29-2)19(24)12-16/h3-13H,14H2,1-2H3,(H,26,28). The van der Waals surface area contributed by atoms with Gasteiger partial charge in [0, 0.05) is 18.1 Å². The molecule has 0 aliphatic carbocycles. The number of imidazole rings is 1. The fourth-order valence-corrected chi connectivity index (χ4v) is 3.41. The van der Waals surface area contributed by atoms with E-state index in [9.17, 15) is 4.79 Å². The summed E-state index contributed by atoms with van der Waals surface area (Å²) in [6.45, 7) is 2.26. The van der Waals surface area contributed by atoms with Gasteiger partial charge < -0.3 is 19.2 Å². The van der Waals surface area contributed by atoms with Crippen LogP contribution in [0.15, 0.2) is 67.0 Å². The van der Waals surface area contributed by atoms with Crippen LogP contribution in [0.2, 0.25) is 5.02 Å². The van der Waals surface area contributed by atoms with Gasteiger partial charge in [-0.2, -0.15) is 0 Å². The molecule has 0 atom stereocenters. The summed E-state index contributed by atoms with van der Waals surface area (Å²) < 4.78 is 13.0. The fraction of sp³-hybridized carbons (Fsp3) is 0.130. The number of rotatable bonds is 6. The third-order valence-corrected chi connectivity index (χ3v) is 4.94. The van der Waals surface area contributed by atoms with Crippen molar-refractivity contribution in [1.82, 2.24) is 9.38 Å². The molecule has 0 saturated heterocycles. The van der Waals surface area contributed by atoms with Crippen LogP contribution in [-0.4, -0.2) is 22.4 Å². The van der Waals surface area contributed by atoms with Crippen LogP contribution in [-0.2, 0) is 6.61 Å². The lowest BCUT2D eigenvalue weighted by molar-refractivity contribution is 0.102. The predicted molar refractivity (Wildman–Crippen MR) is 117 cm³/mol. The maximum atomic E-state index is 12.8. The van der Waals surface area contributed by atoms with Gasteiger partial charge in [0.2, 0.25) is 0 Å². The van der Waals surface area contributed by atoms with Gasteiger partial charge in [-0.05, 0) is 48.9 Å². The number of aromatic nitrogens is 2. The van der Waals surface area contributed by atoms with E-state index >= 15 is 0 Å². The van der Waals surface area contributed by atoms with E-state index in [0.29, 0.717) is 27.8 Å². The summed E-state index contributed by atoms with van der Waals surface area (Å²) in [7, 11) is 1.54. The first-order valence-electron chi connectivity index (χ1n) is 9.35. The van der Waals surface area contributed by atoms with Crippen molar-refractivity contribution in [3.8, 4) is 11.5 Å². The number of halogens is 1. The van der Waals surface area contributed by atoms with E-state index in [4.69, 9.17) is 21.1 Å². The highest BCUT2D eigenvalue weighted by Crippen LogP contribution is 2.28. The van der Waals surface area contributed by atoms with E-state index in [1.807, 2.05) is 41.9 Å². The third kappa shape index (κ3) is 4.09. The van der Waals surface area contributed by atoms with Crippen molar-refractivity contribution in [3.63, 3.8) is 0 Å². The average Bonchev–Trinajstić information content (AvgIpc) is 3.17. The van der Waals surface area contributed by atoms with E-state index in [0.717, 1.165) is 16.9 Å². The number of hydrogen-bond donors (Lipinski definition) is 1. The van der Waals surface area contributed by atoms with Gasteiger partial charge in [0.25, 0.3) is 5.91 Å². The molecule has 0 bridgehead atoms. The number of nitrogens with zero attached hydrogens (tertiary/aromatic N) is 2. The molecule has 1 amide bonds. The number of para-hydroxylation sites is 1. The molecule has 0 aliphatic rings. The number of carbonyl (C=O) groups is 1. The highest BCUT2D eigenvalue weighted by molar-refractivity contribution is 6.32. The Kier molecular flexibility index (Phi) is 5.59. The van der Waals surface area contributed by atoms with Crippen molar-refractivity contribution in [2.45, 2.75) is 13.5 Å². The summed E-state index contributed by atoms with van der Waals surface area (Å²) in [5.74, 6) is 0.724. The monoisotopic (exact) mass is 421 g/mol. The van der Waals surface area contributed by atoms with Crippen LogP contribution in [0.25, 0.3) is 5.65 Å². The molecule has 2 aromatic carbocycles. The highest BCUT2D eigenvalue weighted by atomic mass is 35.5. The number of carbonyl (C=O) groups excluding carboxylic acids is 1. The summed E-state index contributed by atoms with van der Waals surface area (Å²) in [4.78, 5) is 17.4. The van der Waals surface area contributed by atoms with Crippen molar-refractivity contribution in [2.24, 2.45) is 0 Å². The SMILES string of the molecule is COc1ccc(NC(=O)c2ccccc2OCc2cn3cccc(C)c3n2)cc1Cl. The van der Waals surface area contributed by atoms with Crippen molar-refractivity contribution >= 4 is 28.8 Å². The highest BCUT2D eigenvalue weighted by Gasteiger charge is 2.14. The summed E-state index contributed by atoms with van der Waals surface area (Å²) in [6, 6.07) is 16.1. The zero-order valence-electron chi connectivity index (χ0n) is 16.6. The molecule has 152 valence electrons. The van der Waals surface area contributed by atoms with Crippen molar-refractivity contribution < 1.29 is 14.3 Å². The molecule has 0 unspecified atom stereocenters. The Balaban J connectivity index is 1.51. The lowest BCUT2D eigenvalue weighted by atomic mass is 10.2. The summed E-state index contributed by atoms with van der Waals surface area (Å²) in [5.41, 5.74) is 3.74. The van der Waals surface area contributed by atoms with Crippen LogP contribution in [0.4, 0.5) is 5.69 Å². The number of aryl methyl sites for hydroxylation is 1. The van der Waals surface area contributed by atoms with Crippen LogP contribution in [0.3, 0.4) is 0 Å². The number of nitrogens with one attached hydrogen (secondary N) is 1. The zero-order chi connectivity index (χ0) is 21.1. The molecule has 0 aliphatic heterocycles. The van der Waals surface area contributed by atoms with Gasteiger partial charge in [-0.15, -0.1) is 0 Å². The molecule has 0 spiro atoms. The predicted octanol–water partition coefficient (Wildman–Crippen LogP) is 5.14. The molecule has 2 heterocycles. The minimum absolute atomic E-state index is 0.250. The Morgan fingerprint density at radius 2 is 1.97 bits per heavy atom. The second-order valence-corrected chi connectivity index (χ2v) is 7.15. The molecule has 6 nitrogen and oxygen atoms in total. The molecule has 0 saturated carbocycles. The minimum atomic E-state index is -0.294. The Bertz CT molecular complexity index is 1220. The van der Waals surface area contributed by atoms with Crippen molar-refractivity contribution in [2.75, 3.05) is 12.4 Å². The van der Waals surface area contributed by atoms with Gasteiger partial charge in [-0.3, -0.25) is 4.79 Å². The molecule has 7 heteroatoms. The van der Waals surface area contributed by atoms with Gasteiger partial charge in [0.1, 0.15) is 23.8 Å². The molecule has 0 fully saturated rings. The van der Waals surface area contributed by atoms with Gasteiger partial charge in [0.05, 0.1) is 23.4 Å². The number of pyridine rings is 1. The van der Waals surface area contributed by atoms with Crippen LogP contribution in [0.5, 0.6) is 11.5 Å². The number of amides is 1. The van der Waals surface area contributed by atoms with Gasteiger partial charge >= 0.3 is 0 Å². The Morgan fingerprint density at radius 3 is 2.73 bits per heavy atom. The van der Waals surface area contributed by atoms with E-state index in [1.54, 1.807) is 36.4 Å². The first-order valence-corrected chi connectivity index (χ1v) is 9.73. The first kappa shape index (κ1) is 19.8. The number of hydrogen-bond acceptors (Lipinski definition) is 4. The Morgan fingerprint density at radius 1 is 1.13 bits per heavy atom. The lowest BCUT2D eigenvalue weighted by Crippen LogP contribution is -2.13. The van der Waals surface area contributed by atoms with E-state index in [2.05, 4.69) is 10.3 Å². The third-order valence-electron chi connectivity index (χ3n) is 4.64. The number of ether oxygens (including phenoxy) is 2. The number of methoxy groups -OCH3 is 1. The number of fused-ring (bicyclic) bond motifs is 1. The van der Waals surface area contributed by atoms with E-state index in [-0.39, 0.29) is 12.5 Å². The summed E-state index contributed by atoms with van der Waals surface area (Å²) >= 11 is 6.14. The molecule has 0 radical (unpaired) electrons. The molecule has 4 rings (SSSR count). The second kappa shape index (κ2) is 8.47. The minimum Gasteiger partial charge on any atom is -0.495 e. The molecule has 4 aromatic rings. The van der Waals surface area contributed by atoms with Crippen LogP contribution >= 0.6 is 11.6 Å². The largest absolute Gasteiger partial charge is 0.495 e. The zero-order valence-corrected chi connectivity index (χ0v) is 17.3. The summed E-state index contributed by atoms with van der Waals surface area (Å²) in [5, 5.41) is 3.26. The lowest BCUT2D eigenvalue weighted by Gasteiger charge is -2.12. The van der Waals surface area contributed by atoms with Crippen molar-refractivity contribution in [1.29, 1.82) is 0 Å². The van der Waals surface area contributed by atoms with Crippen LogP contribution in [0.1, 0.15) is 21.6 Å². The Hall–Kier alpha value is -3.51. The van der Waals surface area contributed by atoms with E-state index in [1.165, 1.54) is 7.11 Å². The molecule has 30 heavy (non-hydrogen) atoms. The number of anilines is 1. The quantitative estimate of drug-likeness (QED) is 0.468. The van der Waals surface area contributed by atoms with Crippen LogP contribution in [0, 0.1) is 6.92 Å². The van der Waals surface area contributed by atoms with Crippen molar-refractivity contribution in [3.05, 3.63) is 88.8 Å². The second-order valence-electron chi connectivity index (χ2n) is 6.74. The normalized spacial score (nSPS) is 10.8. The van der Waals surface area contributed by atoms with Gasteiger partial charge in [-0.25, -0.2) is 4.98 Å². The molecule has 1 N–H and O–H groups in total. The maximum absolute atomic E-state index is 12.8.